The van der Waals surface area contributed by atoms with Gasteiger partial charge in [-0.1, -0.05) is 152 Å². The van der Waals surface area contributed by atoms with E-state index in [0.29, 0.717) is 0 Å². The Labute approximate surface area is 368 Å². The van der Waals surface area contributed by atoms with E-state index >= 15 is 0 Å². The van der Waals surface area contributed by atoms with E-state index < -0.39 is 0 Å². The van der Waals surface area contributed by atoms with Crippen LogP contribution in [0.2, 0.25) is 0 Å². The highest BCUT2D eigenvalue weighted by molar-refractivity contribution is 6.14. The fourth-order valence-corrected chi connectivity index (χ4v) is 9.70. The average Bonchev–Trinajstić information content (AvgIpc) is 4.06. The number of para-hydroxylation sites is 4. The number of fused-ring (bicyclic) bond motifs is 9. The van der Waals surface area contributed by atoms with Crippen LogP contribution in [0.1, 0.15) is 0 Å². The summed E-state index contributed by atoms with van der Waals surface area (Å²) in [5.74, 6) is 0. The molecule has 0 aliphatic carbocycles. The molecule has 13 aromatic rings. The second-order valence-electron chi connectivity index (χ2n) is 16.4. The summed E-state index contributed by atoms with van der Waals surface area (Å²) in [5, 5.41) is 6.77. The van der Waals surface area contributed by atoms with E-state index in [1.807, 2.05) is 36.4 Å². The maximum absolute atomic E-state index is 6.43. The Morgan fingerprint density at radius 1 is 0.250 bits per heavy atom. The van der Waals surface area contributed by atoms with E-state index in [4.69, 9.17) is 13.3 Å². The molecule has 4 heteroatoms. The molecule has 0 aliphatic heterocycles. The third kappa shape index (κ3) is 5.84. The molecule has 0 N–H and O–H groups in total. The molecule has 0 fully saturated rings. The zero-order valence-electron chi connectivity index (χ0n) is 34.5. The molecule has 0 saturated carbocycles. The van der Waals surface area contributed by atoms with Crippen molar-refractivity contribution in [2.24, 2.45) is 0 Å². The number of anilines is 3. The number of benzene rings is 10. The predicted molar refractivity (Wildman–Crippen MR) is 265 cm³/mol. The molecule has 300 valence electrons. The summed E-state index contributed by atoms with van der Waals surface area (Å²) in [6, 6.07) is 79.2. The first kappa shape index (κ1) is 36.1. The summed E-state index contributed by atoms with van der Waals surface area (Å²) in [6.07, 6.45) is 0. The van der Waals surface area contributed by atoms with Gasteiger partial charge in [-0.05, 0) is 112 Å². The Morgan fingerprint density at radius 3 is 1.22 bits per heavy atom. The van der Waals surface area contributed by atoms with E-state index in [1.165, 1.54) is 0 Å². The minimum absolute atomic E-state index is 0.890. The topological polar surface area (TPSA) is 42.7 Å². The molecule has 0 aliphatic rings. The maximum atomic E-state index is 6.43. The second-order valence-corrected chi connectivity index (χ2v) is 16.4. The lowest BCUT2D eigenvalue weighted by Crippen LogP contribution is -2.09. The van der Waals surface area contributed by atoms with Gasteiger partial charge >= 0.3 is 0 Å². The van der Waals surface area contributed by atoms with Crippen molar-refractivity contribution in [2.75, 3.05) is 4.90 Å². The van der Waals surface area contributed by atoms with Crippen LogP contribution in [0.25, 0.3) is 110 Å². The van der Waals surface area contributed by atoms with Gasteiger partial charge in [-0.25, -0.2) is 0 Å². The van der Waals surface area contributed by atoms with Gasteiger partial charge in [-0.3, -0.25) is 0 Å². The molecule has 0 atom stereocenters. The summed E-state index contributed by atoms with van der Waals surface area (Å²) in [4.78, 5) is 2.33. The van der Waals surface area contributed by atoms with Gasteiger partial charge in [0.15, 0.2) is 0 Å². The monoisotopic (exact) mass is 819 g/mol. The Kier molecular flexibility index (Phi) is 8.18. The first-order valence-electron chi connectivity index (χ1n) is 21.6. The zero-order valence-corrected chi connectivity index (χ0v) is 34.5. The van der Waals surface area contributed by atoms with Gasteiger partial charge < -0.3 is 18.2 Å². The molecule has 0 spiro atoms. The molecule has 64 heavy (non-hydrogen) atoms. The Balaban J connectivity index is 0.893. The summed E-state index contributed by atoms with van der Waals surface area (Å²) in [6.45, 7) is 0. The highest BCUT2D eigenvalue weighted by atomic mass is 16.3. The van der Waals surface area contributed by atoms with Crippen molar-refractivity contribution >= 4 is 82.9 Å². The molecule has 4 nitrogen and oxygen atoms in total. The first-order valence-corrected chi connectivity index (χ1v) is 21.6. The lowest BCUT2D eigenvalue weighted by molar-refractivity contribution is 0.668. The van der Waals surface area contributed by atoms with Crippen LogP contribution < -0.4 is 4.90 Å². The molecular formula is C60H37NO3. The number of rotatable bonds is 7. The number of nitrogens with zero attached hydrogens (tertiary/aromatic N) is 1. The lowest BCUT2D eigenvalue weighted by Gasteiger charge is -2.26. The molecule has 10 aromatic carbocycles. The smallest absolute Gasteiger partial charge is 0.143 e. The highest BCUT2D eigenvalue weighted by Gasteiger charge is 2.18. The van der Waals surface area contributed by atoms with Gasteiger partial charge in [0.2, 0.25) is 0 Å². The van der Waals surface area contributed by atoms with Gasteiger partial charge in [0.25, 0.3) is 0 Å². The molecule has 0 bridgehead atoms. The first-order chi connectivity index (χ1) is 31.7. The van der Waals surface area contributed by atoms with E-state index in [2.05, 4.69) is 193 Å². The quantitative estimate of drug-likeness (QED) is 0.161. The predicted octanol–water partition coefficient (Wildman–Crippen LogP) is 17.5. The Hall–Kier alpha value is -8.60. The zero-order chi connectivity index (χ0) is 42.1. The normalized spacial score (nSPS) is 11.8. The maximum Gasteiger partial charge on any atom is 0.143 e. The summed E-state index contributed by atoms with van der Waals surface area (Å²) >= 11 is 0. The average molecular weight is 820 g/mol. The van der Waals surface area contributed by atoms with E-state index in [-0.39, 0.29) is 0 Å². The van der Waals surface area contributed by atoms with Crippen LogP contribution in [-0.4, -0.2) is 0 Å². The SMILES string of the molecule is c1cc(-c2ccc(N(c3ccc(-c4cccc5oc6ccccc6c45)cc3)c3ccc(-c4cccc5oc6ccccc6c45)cc3)cc2)cc(-c2cccc3c2oc2ccccc23)c1. The minimum atomic E-state index is 0.890. The van der Waals surface area contributed by atoms with Crippen molar-refractivity contribution in [3.63, 3.8) is 0 Å². The highest BCUT2D eigenvalue weighted by Crippen LogP contribution is 2.43. The number of hydrogen-bond donors (Lipinski definition) is 0. The third-order valence-corrected chi connectivity index (χ3v) is 12.7. The fourth-order valence-electron chi connectivity index (χ4n) is 9.70. The van der Waals surface area contributed by atoms with Crippen LogP contribution in [0.3, 0.4) is 0 Å². The van der Waals surface area contributed by atoms with Crippen LogP contribution in [0, 0.1) is 0 Å². The van der Waals surface area contributed by atoms with Crippen molar-refractivity contribution in [2.45, 2.75) is 0 Å². The van der Waals surface area contributed by atoms with Crippen molar-refractivity contribution in [1.29, 1.82) is 0 Å². The second kappa shape index (κ2) is 14.5. The summed E-state index contributed by atoms with van der Waals surface area (Å²) in [7, 11) is 0. The lowest BCUT2D eigenvalue weighted by atomic mass is 9.97. The Bertz CT molecular complexity index is 3730. The van der Waals surface area contributed by atoms with Gasteiger partial charge in [0.05, 0.1) is 0 Å². The molecule has 0 amide bonds. The van der Waals surface area contributed by atoms with Gasteiger partial charge in [0.1, 0.15) is 33.5 Å². The van der Waals surface area contributed by atoms with Crippen LogP contribution in [0.15, 0.2) is 238 Å². The largest absolute Gasteiger partial charge is 0.456 e. The van der Waals surface area contributed by atoms with Crippen molar-refractivity contribution < 1.29 is 13.3 Å². The molecule has 3 aromatic heterocycles. The molecule has 0 saturated heterocycles. The van der Waals surface area contributed by atoms with Crippen molar-refractivity contribution in [3.05, 3.63) is 224 Å². The molecule has 0 unspecified atom stereocenters. The van der Waals surface area contributed by atoms with E-state index in [1.54, 1.807) is 0 Å². The minimum Gasteiger partial charge on any atom is -0.456 e. The van der Waals surface area contributed by atoms with Crippen molar-refractivity contribution in [3.8, 4) is 44.5 Å². The van der Waals surface area contributed by atoms with Crippen LogP contribution in [0.4, 0.5) is 17.1 Å². The molecular weight excluding hydrogens is 783 g/mol. The van der Waals surface area contributed by atoms with Crippen LogP contribution in [0.5, 0.6) is 0 Å². The van der Waals surface area contributed by atoms with Crippen molar-refractivity contribution in [1.82, 2.24) is 0 Å². The van der Waals surface area contributed by atoms with Gasteiger partial charge in [-0.15, -0.1) is 0 Å². The standard InChI is InChI=1S/C60H37NO3/c1-4-20-53-49(13-1)50-19-8-18-48(60(50)64-53)42-12-7-11-41(37-42)38-25-31-43(32-26-38)61(44-33-27-39(28-34-44)46-16-9-23-56-58(46)51-14-2-5-21-54(51)62-56)45-35-29-40(30-36-45)47-17-10-24-57-59(47)52-15-3-6-22-55(52)63-57/h1-37H. The molecule has 3 heterocycles. The van der Waals surface area contributed by atoms with Gasteiger partial charge in [-0.2, -0.15) is 0 Å². The molecule has 0 radical (unpaired) electrons. The van der Waals surface area contributed by atoms with Crippen LogP contribution in [-0.2, 0) is 0 Å². The third-order valence-electron chi connectivity index (χ3n) is 12.7. The van der Waals surface area contributed by atoms with E-state index in [0.717, 1.165) is 127 Å². The van der Waals surface area contributed by atoms with E-state index in [9.17, 15) is 0 Å². The Morgan fingerprint density at radius 2 is 0.656 bits per heavy atom. The number of hydrogen-bond acceptors (Lipinski definition) is 4. The fraction of sp³-hybridized carbons (Fsp3) is 0. The number of furan rings is 3. The van der Waals surface area contributed by atoms with Gasteiger partial charge in [0, 0.05) is 54.9 Å². The summed E-state index contributed by atoms with van der Waals surface area (Å²) < 4.78 is 18.9. The summed E-state index contributed by atoms with van der Waals surface area (Å²) in [5.41, 5.74) is 17.6. The van der Waals surface area contributed by atoms with Crippen LogP contribution >= 0.6 is 0 Å². The molecule has 13 rings (SSSR count).